The molecular formula is C18H23N. The molecule has 0 aromatic heterocycles. The van der Waals surface area contributed by atoms with Crippen LogP contribution in [0.25, 0.3) is 0 Å². The number of rotatable bonds is 3. The first-order valence-electron chi connectivity index (χ1n) is 6.96. The van der Waals surface area contributed by atoms with E-state index in [1.807, 2.05) is 6.07 Å². The lowest BCUT2D eigenvalue weighted by Gasteiger charge is -2.19. The molecule has 0 spiro atoms. The van der Waals surface area contributed by atoms with Gasteiger partial charge in [-0.2, -0.15) is 5.26 Å². The first kappa shape index (κ1) is 15.3. The molecule has 0 atom stereocenters. The van der Waals surface area contributed by atoms with Crippen LogP contribution in [-0.4, -0.2) is 0 Å². The standard InChI is InChI=1S/C18H23N/c1-12(2)15-10-17(13(3)4)16(8-7-9-19)18(11-15)14(5)6/h10-14H,1-6H3. The van der Waals surface area contributed by atoms with Gasteiger partial charge in [0.25, 0.3) is 0 Å². The maximum atomic E-state index is 8.71. The van der Waals surface area contributed by atoms with Gasteiger partial charge in [-0.3, -0.25) is 0 Å². The van der Waals surface area contributed by atoms with Crippen molar-refractivity contribution in [2.45, 2.75) is 59.3 Å². The van der Waals surface area contributed by atoms with Crippen LogP contribution in [0.4, 0.5) is 0 Å². The normalized spacial score (nSPS) is 10.5. The van der Waals surface area contributed by atoms with Crippen molar-refractivity contribution in [3.63, 3.8) is 0 Å². The van der Waals surface area contributed by atoms with E-state index >= 15 is 0 Å². The van der Waals surface area contributed by atoms with Gasteiger partial charge < -0.3 is 0 Å². The first-order chi connectivity index (χ1) is 8.88. The van der Waals surface area contributed by atoms with E-state index < -0.39 is 0 Å². The fourth-order valence-corrected chi connectivity index (χ4v) is 2.19. The zero-order valence-corrected chi connectivity index (χ0v) is 12.8. The molecule has 0 amide bonds. The van der Waals surface area contributed by atoms with Gasteiger partial charge in [0, 0.05) is 11.5 Å². The maximum Gasteiger partial charge on any atom is 0.152 e. The van der Waals surface area contributed by atoms with Crippen molar-refractivity contribution in [1.82, 2.24) is 0 Å². The molecule has 1 heteroatoms. The number of hydrogen-bond donors (Lipinski definition) is 0. The molecule has 0 aliphatic rings. The number of nitriles is 1. The Morgan fingerprint density at radius 2 is 1.32 bits per heavy atom. The molecule has 100 valence electrons. The lowest BCUT2D eigenvalue weighted by atomic mass is 9.85. The second-order valence-corrected chi connectivity index (χ2v) is 5.90. The van der Waals surface area contributed by atoms with Crippen molar-refractivity contribution < 1.29 is 0 Å². The summed E-state index contributed by atoms with van der Waals surface area (Å²) >= 11 is 0. The summed E-state index contributed by atoms with van der Waals surface area (Å²) in [6.45, 7) is 13.2. The predicted octanol–water partition coefficient (Wildman–Crippen LogP) is 4.93. The van der Waals surface area contributed by atoms with E-state index in [1.54, 1.807) is 0 Å². The zero-order valence-electron chi connectivity index (χ0n) is 12.8. The molecule has 0 radical (unpaired) electrons. The number of hydrogen-bond acceptors (Lipinski definition) is 1. The Bertz CT molecular complexity index is 516. The van der Waals surface area contributed by atoms with Gasteiger partial charge in [-0.1, -0.05) is 59.6 Å². The Kier molecular flexibility index (Phi) is 5.20. The molecule has 0 unspecified atom stereocenters. The van der Waals surface area contributed by atoms with Crippen LogP contribution in [0.2, 0.25) is 0 Å². The predicted molar refractivity (Wildman–Crippen MR) is 81.2 cm³/mol. The molecule has 1 rings (SSSR count). The molecule has 0 saturated carbocycles. The largest absolute Gasteiger partial charge is 0.183 e. The number of benzene rings is 1. The van der Waals surface area contributed by atoms with E-state index in [0.717, 1.165) is 5.56 Å². The molecule has 0 bridgehead atoms. The smallest absolute Gasteiger partial charge is 0.152 e. The van der Waals surface area contributed by atoms with E-state index in [0.29, 0.717) is 17.8 Å². The second kappa shape index (κ2) is 6.44. The summed E-state index contributed by atoms with van der Waals surface area (Å²) in [5.74, 6) is 6.95. The monoisotopic (exact) mass is 253 g/mol. The minimum absolute atomic E-state index is 0.416. The fourth-order valence-electron chi connectivity index (χ4n) is 2.19. The Balaban J connectivity index is 3.61. The maximum absolute atomic E-state index is 8.71. The quantitative estimate of drug-likeness (QED) is 0.700. The highest BCUT2D eigenvalue weighted by molar-refractivity contribution is 5.53. The molecule has 0 fully saturated rings. The fraction of sp³-hybridized carbons (Fsp3) is 0.500. The van der Waals surface area contributed by atoms with Crippen molar-refractivity contribution >= 4 is 0 Å². The summed E-state index contributed by atoms with van der Waals surface area (Å²) in [5.41, 5.74) is 4.93. The molecule has 0 saturated heterocycles. The van der Waals surface area contributed by atoms with Gasteiger partial charge in [-0.15, -0.1) is 0 Å². The summed E-state index contributed by atoms with van der Waals surface area (Å²) in [5, 5.41) is 8.71. The van der Waals surface area contributed by atoms with E-state index in [1.165, 1.54) is 16.7 Å². The summed E-state index contributed by atoms with van der Waals surface area (Å²) < 4.78 is 0. The molecule has 0 N–H and O–H groups in total. The molecule has 19 heavy (non-hydrogen) atoms. The Labute approximate surface area is 117 Å². The van der Waals surface area contributed by atoms with Crippen LogP contribution in [0.15, 0.2) is 12.1 Å². The van der Waals surface area contributed by atoms with Crippen LogP contribution in [-0.2, 0) is 0 Å². The van der Waals surface area contributed by atoms with Gasteiger partial charge in [-0.05, 0) is 34.4 Å². The summed E-state index contributed by atoms with van der Waals surface area (Å²) in [6.07, 6.45) is 0. The van der Waals surface area contributed by atoms with Crippen LogP contribution >= 0.6 is 0 Å². The third kappa shape index (κ3) is 3.62. The van der Waals surface area contributed by atoms with E-state index in [4.69, 9.17) is 5.26 Å². The van der Waals surface area contributed by atoms with Crippen molar-refractivity contribution in [3.05, 3.63) is 34.4 Å². The van der Waals surface area contributed by atoms with Crippen LogP contribution in [0.3, 0.4) is 0 Å². The SMILES string of the molecule is CC(C)c1cc(C(C)C)c(C#CC#N)c(C(C)C)c1. The Morgan fingerprint density at radius 3 is 1.63 bits per heavy atom. The van der Waals surface area contributed by atoms with E-state index in [9.17, 15) is 0 Å². The van der Waals surface area contributed by atoms with Crippen molar-refractivity contribution in [3.8, 4) is 17.9 Å². The van der Waals surface area contributed by atoms with Gasteiger partial charge in [-0.25, -0.2) is 0 Å². The average molecular weight is 253 g/mol. The van der Waals surface area contributed by atoms with E-state index in [-0.39, 0.29) is 0 Å². The van der Waals surface area contributed by atoms with Gasteiger partial charge in [0.15, 0.2) is 6.07 Å². The van der Waals surface area contributed by atoms with Crippen molar-refractivity contribution in [2.75, 3.05) is 0 Å². The molecule has 1 aromatic carbocycles. The van der Waals surface area contributed by atoms with Gasteiger partial charge in [0.05, 0.1) is 0 Å². The van der Waals surface area contributed by atoms with Gasteiger partial charge in [0.2, 0.25) is 0 Å². The van der Waals surface area contributed by atoms with Crippen LogP contribution in [0.1, 0.15) is 81.5 Å². The van der Waals surface area contributed by atoms with Crippen LogP contribution in [0.5, 0.6) is 0 Å². The minimum Gasteiger partial charge on any atom is -0.183 e. The lowest BCUT2D eigenvalue weighted by molar-refractivity contribution is 0.800. The first-order valence-corrected chi connectivity index (χ1v) is 6.96. The topological polar surface area (TPSA) is 23.8 Å². The van der Waals surface area contributed by atoms with Crippen LogP contribution < -0.4 is 0 Å². The molecule has 1 aromatic rings. The van der Waals surface area contributed by atoms with Crippen LogP contribution in [0, 0.1) is 23.2 Å². The van der Waals surface area contributed by atoms with E-state index in [2.05, 4.69) is 65.5 Å². The summed E-state index contributed by atoms with van der Waals surface area (Å²) in [7, 11) is 0. The summed E-state index contributed by atoms with van der Waals surface area (Å²) in [4.78, 5) is 0. The van der Waals surface area contributed by atoms with Gasteiger partial charge >= 0.3 is 0 Å². The summed E-state index contributed by atoms with van der Waals surface area (Å²) in [6, 6.07) is 6.43. The Morgan fingerprint density at radius 1 is 0.842 bits per heavy atom. The highest BCUT2D eigenvalue weighted by atomic mass is 14.2. The van der Waals surface area contributed by atoms with Crippen molar-refractivity contribution in [2.24, 2.45) is 0 Å². The third-order valence-electron chi connectivity index (χ3n) is 3.38. The Hall–Kier alpha value is -1.73. The minimum atomic E-state index is 0.416. The third-order valence-corrected chi connectivity index (χ3v) is 3.38. The lowest BCUT2D eigenvalue weighted by Crippen LogP contribution is -2.04. The number of nitrogens with zero attached hydrogens (tertiary/aromatic N) is 1. The highest BCUT2D eigenvalue weighted by Crippen LogP contribution is 2.31. The molecule has 1 nitrogen and oxygen atoms in total. The second-order valence-electron chi connectivity index (χ2n) is 5.90. The molecule has 0 aliphatic heterocycles. The average Bonchev–Trinajstić information content (AvgIpc) is 2.34. The van der Waals surface area contributed by atoms with Gasteiger partial charge in [0.1, 0.15) is 0 Å². The highest BCUT2D eigenvalue weighted by Gasteiger charge is 2.15. The zero-order chi connectivity index (χ0) is 14.6. The molecule has 0 aliphatic carbocycles. The van der Waals surface area contributed by atoms with Crippen molar-refractivity contribution in [1.29, 1.82) is 5.26 Å². The molecular weight excluding hydrogens is 230 g/mol. The molecule has 0 heterocycles.